The Labute approximate surface area is 120 Å². The molecule has 110 valence electrons. The molecule has 5 heteroatoms. The molecule has 1 rings (SSSR count). The minimum atomic E-state index is -0.523. The van der Waals surface area contributed by atoms with Gasteiger partial charge >= 0.3 is 0 Å². The van der Waals surface area contributed by atoms with Crippen molar-refractivity contribution in [2.24, 2.45) is 5.73 Å². The van der Waals surface area contributed by atoms with E-state index in [0.29, 0.717) is 5.57 Å². The third-order valence-corrected chi connectivity index (χ3v) is 3.17. The molecule has 20 heavy (non-hydrogen) atoms. The summed E-state index contributed by atoms with van der Waals surface area (Å²) in [6, 6.07) is 3.65. The molecule has 1 aromatic rings. The first-order valence-corrected chi connectivity index (χ1v) is 6.43. The van der Waals surface area contributed by atoms with Gasteiger partial charge in [-0.1, -0.05) is 6.58 Å². The van der Waals surface area contributed by atoms with Crippen molar-refractivity contribution in [2.75, 3.05) is 40.1 Å². The fourth-order valence-corrected chi connectivity index (χ4v) is 2.07. The molecule has 0 saturated heterocycles. The summed E-state index contributed by atoms with van der Waals surface area (Å²) in [5, 5.41) is 3.13. The van der Waals surface area contributed by atoms with E-state index in [-0.39, 0.29) is 0 Å². The quantitative estimate of drug-likeness (QED) is 0.738. The first-order chi connectivity index (χ1) is 9.42. The van der Waals surface area contributed by atoms with E-state index in [4.69, 9.17) is 10.5 Å². The molecule has 0 radical (unpaired) electrons. The Morgan fingerprint density at radius 2 is 2.10 bits per heavy atom. The van der Waals surface area contributed by atoms with Crippen molar-refractivity contribution >= 4 is 17.2 Å². The summed E-state index contributed by atoms with van der Waals surface area (Å²) in [5.74, 6) is 0.266. The normalized spacial score (nSPS) is 10.4. The van der Waals surface area contributed by atoms with Crippen LogP contribution in [-0.4, -0.2) is 45.6 Å². The number of benzene rings is 1. The van der Waals surface area contributed by atoms with Crippen LogP contribution in [-0.2, 0) is 11.2 Å². The Bertz CT molecular complexity index is 510. The fourth-order valence-electron chi connectivity index (χ4n) is 2.07. The maximum atomic E-state index is 11.4. The van der Waals surface area contributed by atoms with E-state index >= 15 is 0 Å². The first-order valence-electron chi connectivity index (χ1n) is 6.43. The van der Waals surface area contributed by atoms with Crippen molar-refractivity contribution in [1.82, 2.24) is 4.90 Å². The maximum Gasteiger partial charge on any atom is 0.248 e. The maximum absolute atomic E-state index is 11.4. The zero-order valence-electron chi connectivity index (χ0n) is 12.6. The lowest BCUT2D eigenvalue weighted by Crippen LogP contribution is -2.17. The first kappa shape index (κ1) is 16.0. The SMILES string of the molecule is C=C(C(N)=O)c1ccc(OC)c(CCN(C)C)c1NC. The van der Waals surface area contributed by atoms with E-state index in [9.17, 15) is 4.79 Å². The molecule has 0 saturated carbocycles. The molecule has 5 nitrogen and oxygen atoms in total. The van der Waals surface area contributed by atoms with Gasteiger partial charge in [-0.15, -0.1) is 0 Å². The van der Waals surface area contributed by atoms with Crippen LogP contribution in [0.5, 0.6) is 5.75 Å². The highest BCUT2D eigenvalue weighted by Crippen LogP contribution is 2.33. The number of likely N-dealkylation sites (N-methyl/N-ethyl adjacent to an activating group) is 1. The molecule has 0 aliphatic rings. The van der Waals surface area contributed by atoms with Gasteiger partial charge in [0.05, 0.1) is 7.11 Å². The molecule has 0 aliphatic heterocycles. The lowest BCUT2D eigenvalue weighted by molar-refractivity contribution is -0.112. The van der Waals surface area contributed by atoms with Crippen molar-refractivity contribution < 1.29 is 9.53 Å². The highest BCUT2D eigenvalue weighted by atomic mass is 16.5. The number of hydrogen-bond acceptors (Lipinski definition) is 4. The van der Waals surface area contributed by atoms with Crippen LogP contribution < -0.4 is 15.8 Å². The van der Waals surface area contributed by atoms with Crippen LogP contribution in [0.4, 0.5) is 5.69 Å². The van der Waals surface area contributed by atoms with Gasteiger partial charge in [-0.3, -0.25) is 4.79 Å². The molecule has 0 fully saturated rings. The Morgan fingerprint density at radius 1 is 1.45 bits per heavy atom. The molecule has 1 aromatic carbocycles. The fraction of sp³-hybridized carbons (Fsp3) is 0.400. The van der Waals surface area contributed by atoms with E-state index < -0.39 is 5.91 Å². The summed E-state index contributed by atoms with van der Waals surface area (Å²) in [7, 11) is 7.47. The van der Waals surface area contributed by atoms with E-state index in [1.165, 1.54) is 0 Å². The average Bonchev–Trinajstić information content (AvgIpc) is 2.42. The Hall–Kier alpha value is -2.01. The third kappa shape index (κ3) is 3.51. The van der Waals surface area contributed by atoms with Crippen LogP contribution in [0.2, 0.25) is 0 Å². The molecule has 3 N–H and O–H groups in total. The summed E-state index contributed by atoms with van der Waals surface area (Å²) in [6.45, 7) is 4.63. The summed E-state index contributed by atoms with van der Waals surface area (Å²) >= 11 is 0. The molecule has 1 amide bonds. The second-order valence-electron chi connectivity index (χ2n) is 4.82. The van der Waals surface area contributed by atoms with Gasteiger partial charge in [-0.25, -0.2) is 0 Å². The molecular formula is C15H23N3O2. The second kappa shape index (κ2) is 6.96. The van der Waals surface area contributed by atoms with E-state index in [1.54, 1.807) is 13.2 Å². The zero-order valence-corrected chi connectivity index (χ0v) is 12.6. The van der Waals surface area contributed by atoms with E-state index in [2.05, 4.69) is 16.8 Å². The van der Waals surface area contributed by atoms with Gasteiger partial charge in [0.25, 0.3) is 0 Å². The number of ether oxygens (including phenoxy) is 1. The van der Waals surface area contributed by atoms with Gasteiger partial charge in [0.15, 0.2) is 0 Å². The number of methoxy groups -OCH3 is 1. The van der Waals surface area contributed by atoms with Crippen molar-refractivity contribution in [3.63, 3.8) is 0 Å². The number of nitrogens with two attached hydrogens (primary N) is 1. The summed E-state index contributed by atoms with van der Waals surface area (Å²) < 4.78 is 5.41. The van der Waals surface area contributed by atoms with Gasteiger partial charge in [-0.05, 0) is 32.6 Å². The molecule has 0 atom stereocenters. The van der Waals surface area contributed by atoms with Crippen LogP contribution in [0.15, 0.2) is 18.7 Å². The Morgan fingerprint density at radius 3 is 2.55 bits per heavy atom. The molecule has 0 aromatic heterocycles. The standard InChI is InChI=1S/C15H23N3O2/c1-10(15(16)19)11-6-7-13(20-5)12(14(11)17-2)8-9-18(3)4/h6-7,17H,1,8-9H2,2-5H3,(H2,16,19). The van der Waals surface area contributed by atoms with Crippen LogP contribution in [0, 0.1) is 0 Å². The van der Waals surface area contributed by atoms with Crippen LogP contribution in [0.25, 0.3) is 5.57 Å². The van der Waals surface area contributed by atoms with Crippen molar-refractivity contribution in [1.29, 1.82) is 0 Å². The largest absolute Gasteiger partial charge is 0.496 e. The van der Waals surface area contributed by atoms with Crippen LogP contribution >= 0.6 is 0 Å². The summed E-state index contributed by atoms with van der Waals surface area (Å²) in [4.78, 5) is 13.4. The molecule has 0 unspecified atom stereocenters. The molecule has 0 heterocycles. The number of hydrogen-bond donors (Lipinski definition) is 2. The highest BCUT2D eigenvalue weighted by Gasteiger charge is 2.17. The van der Waals surface area contributed by atoms with E-state index in [0.717, 1.165) is 35.5 Å². The van der Waals surface area contributed by atoms with Crippen LogP contribution in [0.1, 0.15) is 11.1 Å². The van der Waals surface area contributed by atoms with Gasteiger partial charge in [-0.2, -0.15) is 0 Å². The van der Waals surface area contributed by atoms with Gasteiger partial charge in [0, 0.05) is 36.0 Å². The predicted molar refractivity (Wildman–Crippen MR) is 83.0 cm³/mol. The minimum absolute atomic E-state index is 0.295. The number of primary amides is 1. The number of nitrogens with one attached hydrogen (secondary N) is 1. The van der Waals surface area contributed by atoms with Gasteiger partial charge < -0.3 is 20.7 Å². The summed E-state index contributed by atoms with van der Waals surface area (Å²) in [6.07, 6.45) is 0.798. The number of carbonyl (C=O) groups is 1. The monoisotopic (exact) mass is 277 g/mol. The van der Waals surface area contributed by atoms with E-state index in [1.807, 2.05) is 27.2 Å². The summed E-state index contributed by atoms with van der Waals surface area (Å²) in [5.41, 5.74) is 8.20. The van der Waals surface area contributed by atoms with Crippen molar-refractivity contribution in [3.05, 3.63) is 29.8 Å². The molecule has 0 spiro atoms. The average molecular weight is 277 g/mol. The zero-order chi connectivity index (χ0) is 15.3. The van der Waals surface area contributed by atoms with Gasteiger partial charge in [0.1, 0.15) is 5.75 Å². The topological polar surface area (TPSA) is 67.6 Å². The lowest BCUT2D eigenvalue weighted by atomic mass is 9.97. The number of anilines is 1. The molecule has 0 bridgehead atoms. The predicted octanol–water partition coefficient (Wildman–Crippen LogP) is 1.34. The number of nitrogens with zero attached hydrogens (tertiary/aromatic N) is 1. The molecule has 0 aliphatic carbocycles. The van der Waals surface area contributed by atoms with Crippen LogP contribution in [0.3, 0.4) is 0 Å². The van der Waals surface area contributed by atoms with Crippen molar-refractivity contribution in [2.45, 2.75) is 6.42 Å². The number of carbonyl (C=O) groups excluding carboxylic acids is 1. The third-order valence-electron chi connectivity index (χ3n) is 3.17. The smallest absolute Gasteiger partial charge is 0.248 e. The van der Waals surface area contributed by atoms with Gasteiger partial charge in [0.2, 0.25) is 5.91 Å². The molecular weight excluding hydrogens is 254 g/mol. The number of rotatable bonds is 7. The Kier molecular flexibility index (Phi) is 5.58. The Balaban J connectivity index is 3.32. The van der Waals surface area contributed by atoms with Crippen molar-refractivity contribution in [3.8, 4) is 5.75 Å². The second-order valence-corrected chi connectivity index (χ2v) is 4.82. The minimum Gasteiger partial charge on any atom is -0.496 e. The number of amides is 1. The highest BCUT2D eigenvalue weighted by molar-refractivity contribution is 6.19. The lowest BCUT2D eigenvalue weighted by Gasteiger charge is -2.19.